The number of nitrogens with one attached hydrogen (secondary N) is 2. The number of aryl methyl sites for hydroxylation is 1. The number of carbonyl (C=O) groups is 2. The number of nitrogens with zero attached hydrogens (tertiary/aromatic N) is 3. The number of hydrogen-bond acceptors (Lipinski definition) is 4. The summed E-state index contributed by atoms with van der Waals surface area (Å²) in [5.74, 6) is -0.685. The van der Waals surface area contributed by atoms with Crippen LogP contribution in [0, 0.1) is 12.7 Å². The van der Waals surface area contributed by atoms with Crippen molar-refractivity contribution in [1.29, 1.82) is 0 Å². The van der Waals surface area contributed by atoms with E-state index in [0.717, 1.165) is 5.56 Å². The smallest absolute Gasteiger partial charge is 0.274 e. The van der Waals surface area contributed by atoms with Gasteiger partial charge >= 0.3 is 0 Å². The van der Waals surface area contributed by atoms with Crippen molar-refractivity contribution in [3.05, 3.63) is 69.7 Å². The largest absolute Gasteiger partial charge is 0.353 e. The molecule has 0 spiro atoms. The number of amides is 2. The second kappa shape index (κ2) is 8.10. The molecule has 1 saturated heterocycles. The number of H-pyrrole nitrogens is 1. The predicted molar refractivity (Wildman–Crippen MR) is 108 cm³/mol. The van der Waals surface area contributed by atoms with Crippen molar-refractivity contribution in [2.24, 2.45) is 0 Å². The fourth-order valence-corrected chi connectivity index (χ4v) is 3.68. The normalized spacial score (nSPS) is 14.8. The Morgan fingerprint density at radius 2 is 1.93 bits per heavy atom. The summed E-state index contributed by atoms with van der Waals surface area (Å²) in [6.45, 7) is 2.73. The van der Waals surface area contributed by atoms with Gasteiger partial charge in [0, 0.05) is 37.1 Å². The summed E-state index contributed by atoms with van der Waals surface area (Å²) in [4.78, 5) is 41.4. The van der Waals surface area contributed by atoms with Gasteiger partial charge in [0.2, 0.25) is 5.91 Å². The van der Waals surface area contributed by atoms with Gasteiger partial charge in [-0.05, 0) is 37.5 Å². The van der Waals surface area contributed by atoms with Crippen LogP contribution >= 0.6 is 0 Å². The van der Waals surface area contributed by atoms with E-state index in [4.69, 9.17) is 0 Å². The van der Waals surface area contributed by atoms with Gasteiger partial charge in [-0.2, -0.15) is 5.10 Å². The summed E-state index contributed by atoms with van der Waals surface area (Å²) in [7, 11) is 0. The number of rotatable bonds is 4. The average Bonchev–Trinajstić information content (AvgIpc) is 3.14. The maximum atomic E-state index is 13.0. The quantitative estimate of drug-likeness (QED) is 0.679. The van der Waals surface area contributed by atoms with E-state index in [1.54, 1.807) is 30.2 Å². The number of fused-ring (bicyclic) bond motifs is 1. The van der Waals surface area contributed by atoms with Crippen molar-refractivity contribution in [3.8, 4) is 0 Å². The molecule has 0 saturated carbocycles. The molecule has 3 aromatic rings. The van der Waals surface area contributed by atoms with Gasteiger partial charge in [-0.15, -0.1) is 0 Å². The molecule has 0 bridgehead atoms. The maximum absolute atomic E-state index is 13.0. The third-order valence-corrected chi connectivity index (χ3v) is 5.24. The summed E-state index contributed by atoms with van der Waals surface area (Å²) in [5, 5.41) is 7.22. The van der Waals surface area contributed by atoms with Gasteiger partial charge in [-0.3, -0.25) is 14.4 Å². The van der Waals surface area contributed by atoms with Crippen LogP contribution in [0.15, 0.2) is 41.3 Å². The molecule has 4 rings (SSSR count). The van der Waals surface area contributed by atoms with Gasteiger partial charge in [0.15, 0.2) is 5.69 Å². The van der Waals surface area contributed by atoms with Crippen molar-refractivity contribution < 1.29 is 14.0 Å². The fourth-order valence-electron chi connectivity index (χ4n) is 3.68. The molecule has 3 heterocycles. The minimum Gasteiger partial charge on any atom is -0.353 e. The second-order valence-electron chi connectivity index (χ2n) is 7.56. The lowest BCUT2D eigenvalue weighted by molar-refractivity contribution is -0.121. The zero-order valence-corrected chi connectivity index (χ0v) is 16.5. The molecule has 156 valence electrons. The van der Waals surface area contributed by atoms with Crippen molar-refractivity contribution in [2.45, 2.75) is 32.2 Å². The number of benzene rings is 1. The maximum Gasteiger partial charge on any atom is 0.274 e. The molecule has 8 nitrogen and oxygen atoms in total. The molecule has 0 atom stereocenters. The van der Waals surface area contributed by atoms with Crippen LogP contribution in [-0.2, 0) is 11.2 Å². The molecule has 0 radical (unpaired) electrons. The Bertz CT molecular complexity index is 1140. The summed E-state index contributed by atoms with van der Waals surface area (Å²) >= 11 is 0. The number of piperidine rings is 1. The summed E-state index contributed by atoms with van der Waals surface area (Å²) in [6, 6.07) is 7.34. The van der Waals surface area contributed by atoms with Crippen LogP contribution in [0.2, 0.25) is 0 Å². The molecule has 9 heteroatoms. The number of carbonyl (C=O) groups excluding carboxylic acids is 2. The Morgan fingerprint density at radius 3 is 2.63 bits per heavy atom. The summed E-state index contributed by atoms with van der Waals surface area (Å²) in [6.07, 6.45) is 3.12. The lowest BCUT2D eigenvalue weighted by Crippen LogP contribution is -2.47. The average molecular weight is 411 g/mol. The van der Waals surface area contributed by atoms with E-state index in [-0.39, 0.29) is 41.3 Å². The van der Waals surface area contributed by atoms with Crippen LogP contribution in [0.25, 0.3) is 5.52 Å². The Balaban J connectivity index is 1.33. The molecule has 2 amide bonds. The Labute approximate surface area is 171 Å². The van der Waals surface area contributed by atoms with Crippen molar-refractivity contribution in [3.63, 3.8) is 0 Å². The van der Waals surface area contributed by atoms with Crippen molar-refractivity contribution in [1.82, 2.24) is 24.8 Å². The number of aromatic nitrogens is 3. The van der Waals surface area contributed by atoms with Gasteiger partial charge in [-0.25, -0.2) is 8.91 Å². The molecular weight excluding hydrogens is 389 g/mol. The minimum atomic E-state index is -0.332. The molecule has 2 N–H and O–H groups in total. The molecule has 0 unspecified atom stereocenters. The molecule has 0 aliphatic carbocycles. The monoisotopic (exact) mass is 411 g/mol. The van der Waals surface area contributed by atoms with E-state index >= 15 is 0 Å². The lowest BCUT2D eigenvalue weighted by atomic mass is 10.0. The standard InChI is InChI=1S/C21H22FN5O3/c1-13-12-27-18(20(29)23-13)11-17(25-27)21(30)26-8-6-16(7-9-26)24-19(28)10-14-2-4-15(22)5-3-14/h2-5,11-12,16H,6-10H2,1H3,(H,23,29)(H,24,28). The van der Waals surface area contributed by atoms with E-state index in [9.17, 15) is 18.8 Å². The van der Waals surface area contributed by atoms with E-state index in [1.165, 1.54) is 22.7 Å². The minimum absolute atomic E-state index is 0.0199. The Morgan fingerprint density at radius 1 is 1.23 bits per heavy atom. The van der Waals surface area contributed by atoms with Gasteiger partial charge in [0.25, 0.3) is 11.5 Å². The van der Waals surface area contributed by atoms with E-state index < -0.39 is 0 Å². The predicted octanol–water partition coefficient (Wildman–Crippen LogP) is 1.43. The topological polar surface area (TPSA) is 99.6 Å². The zero-order chi connectivity index (χ0) is 21.3. The number of aromatic amines is 1. The van der Waals surface area contributed by atoms with E-state index in [2.05, 4.69) is 15.4 Å². The number of halogens is 1. The highest BCUT2D eigenvalue weighted by Gasteiger charge is 2.26. The van der Waals surface area contributed by atoms with Crippen LogP contribution in [-0.4, -0.2) is 50.4 Å². The first-order valence-electron chi connectivity index (χ1n) is 9.81. The molecule has 2 aromatic heterocycles. The Hall–Kier alpha value is -3.49. The van der Waals surface area contributed by atoms with Crippen molar-refractivity contribution in [2.75, 3.05) is 13.1 Å². The van der Waals surface area contributed by atoms with Gasteiger partial charge in [0.1, 0.15) is 11.3 Å². The van der Waals surface area contributed by atoms with Gasteiger partial charge < -0.3 is 15.2 Å². The molecular formula is C21H22FN5O3. The number of likely N-dealkylation sites (tertiary alicyclic amines) is 1. The highest BCUT2D eigenvalue weighted by atomic mass is 19.1. The third-order valence-electron chi connectivity index (χ3n) is 5.24. The lowest BCUT2D eigenvalue weighted by Gasteiger charge is -2.32. The second-order valence-corrected chi connectivity index (χ2v) is 7.56. The molecule has 30 heavy (non-hydrogen) atoms. The third kappa shape index (κ3) is 4.24. The zero-order valence-electron chi connectivity index (χ0n) is 16.5. The van der Waals surface area contributed by atoms with Crippen LogP contribution in [0.5, 0.6) is 0 Å². The molecule has 1 fully saturated rings. The molecule has 1 aliphatic rings. The van der Waals surface area contributed by atoms with Gasteiger partial charge in [-0.1, -0.05) is 12.1 Å². The van der Waals surface area contributed by atoms with E-state index in [1.807, 2.05) is 0 Å². The number of hydrogen-bond donors (Lipinski definition) is 2. The summed E-state index contributed by atoms with van der Waals surface area (Å²) < 4.78 is 14.4. The SMILES string of the molecule is Cc1cn2nc(C(=O)N3CCC(NC(=O)Cc4ccc(F)cc4)CC3)cc2c(=O)[nH]1. The highest BCUT2D eigenvalue weighted by molar-refractivity contribution is 5.93. The first kappa shape index (κ1) is 19.8. The first-order valence-corrected chi connectivity index (χ1v) is 9.81. The molecule has 1 aliphatic heterocycles. The van der Waals surface area contributed by atoms with Crippen LogP contribution in [0.3, 0.4) is 0 Å². The fraction of sp³-hybridized carbons (Fsp3) is 0.333. The van der Waals surface area contributed by atoms with Crippen molar-refractivity contribution >= 4 is 17.3 Å². The summed E-state index contributed by atoms with van der Waals surface area (Å²) in [5.41, 5.74) is 1.67. The highest BCUT2D eigenvalue weighted by Crippen LogP contribution is 2.15. The van der Waals surface area contributed by atoms with E-state index in [0.29, 0.717) is 37.1 Å². The Kier molecular flexibility index (Phi) is 5.35. The van der Waals surface area contributed by atoms with Crippen LogP contribution < -0.4 is 10.9 Å². The van der Waals surface area contributed by atoms with Gasteiger partial charge in [0.05, 0.1) is 6.42 Å². The first-order chi connectivity index (χ1) is 14.4. The van der Waals surface area contributed by atoms with Crippen LogP contribution in [0.4, 0.5) is 4.39 Å². The molecule has 1 aromatic carbocycles. The van der Waals surface area contributed by atoms with Crippen LogP contribution in [0.1, 0.15) is 34.6 Å².